The smallest absolute Gasteiger partial charge is 0.123 e. The molecular weight excluding hydrogens is 324 g/mol. The molecule has 0 unspecified atom stereocenters. The number of halogens is 2. The molecule has 4 heteroatoms. The fraction of sp³-hybridized carbons (Fsp3) is 0.455. The summed E-state index contributed by atoms with van der Waals surface area (Å²) in [4.78, 5) is 0. The first kappa shape index (κ1) is 13.1. The highest BCUT2D eigenvalue weighted by Gasteiger charge is 2.02. The fourth-order valence-electron chi connectivity index (χ4n) is 1.30. The number of ether oxygens (including phenoxy) is 1. The molecule has 0 aliphatic rings. The van der Waals surface area contributed by atoms with E-state index in [1.54, 1.807) is 7.11 Å². The molecule has 0 aromatic heterocycles. The number of alkyl halides is 1. The van der Waals surface area contributed by atoms with Crippen LogP contribution in [0.5, 0.6) is 5.75 Å². The van der Waals surface area contributed by atoms with Crippen LogP contribution in [0.15, 0.2) is 18.2 Å². The highest BCUT2D eigenvalue weighted by molar-refractivity contribution is 14.1. The molecule has 0 fully saturated rings. The van der Waals surface area contributed by atoms with Crippen molar-refractivity contribution in [3.8, 4) is 5.75 Å². The molecule has 0 spiro atoms. The highest BCUT2D eigenvalue weighted by atomic mass is 127. The summed E-state index contributed by atoms with van der Waals surface area (Å²) in [6.07, 6.45) is 1.18. The molecule has 0 aliphatic heterocycles. The van der Waals surface area contributed by atoms with Crippen LogP contribution in [0.3, 0.4) is 0 Å². The van der Waals surface area contributed by atoms with E-state index in [-0.39, 0.29) is 0 Å². The SMILES string of the molecule is COc1ccc(Cl)cc1CNCCCI. The molecule has 0 atom stereocenters. The summed E-state index contributed by atoms with van der Waals surface area (Å²) in [5.74, 6) is 0.890. The number of benzene rings is 1. The zero-order valence-corrected chi connectivity index (χ0v) is 11.6. The quantitative estimate of drug-likeness (QED) is 0.488. The van der Waals surface area contributed by atoms with Crippen LogP contribution >= 0.6 is 34.2 Å². The van der Waals surface area contributed by atoms with Crippen LogP contribution in [-0.4, -0.2) is 18.1 Å². The summed E-state index contributed by atoms with van der Waals surface area (Å²) in [5, 5.41) is 4.11. The van der Waals surface area contributed by atoms with Gasteiger partial charge in [-0.15, -0.1) is 0 Å². The van der Waals surface area contributed by atoms with Crippen molar-refractivity contribution < 1.29 is 4.74 Å². The van der Waals surface area contributed by atoms with E-state index in [4.69, 9.17) is 16.3 Å². The predicted octanol–water partition coefficient (Wildman–Crippen LogP) is 3.26. The molecule has 2 nitrogen and oxygen atoms in total. The molecule has 1 rings (SSSR count). The number of nitrogens with one attached hydrogen (secondary N) is 1. The number of hydrogen-bond donors (Lipinski definition) is 1. The van der Waals surface area contributed by atoms with E-state index in [1.807, 2.05) is 18.2 Å². The Labute approximate surface area is 109 Å². The molecule has 1 aromatic rings. The van der Waals surface area contributed by atoms with Crippen LogP contribution in [0.25, 0.3) is 0 Å². The van der Waals surface area contributed by atoms with Gasteiger partial charge in [0.2, 0.25) is 0 Å². The first-order valence-electron chi connectivity index (χ1n) is 4.87. The van der Waals surface area contributed by atoms with E-state index in [0.29, 0.717) is 0 Å². The van der Waals surface area contributed by atoms with Crippen LogP contribution in [0.1, 0.15) is 12.0 Å². The minimum absolute atomic E-state index is 0.751. The van der Waals surface area contributed by atoms with Crippen molar-refractivity contribution in [2.45, 2.75) is 13.0 Å². The van der Waals surface area contributed by atoms with Crippen LogP contribution in [0, 0.1) is 0 Å². The Morgan fingerprint density at radius 1 is 1.47 bits per heavy atom. The lowest BCUT2D eigenvalue weighted by Gasteiger charge is -2.09. The van der Waals surface area contributed by atoms with Gasteiger partial charge in [-0.1, -0.05) is 34.2 Å². The van der Waals surface area contributed by atoms with E-state index < -0.39 is 0 Å². The van der Waals surface area contributed by atoms with Crippen LogP contribution in [0.2, 0.25) is 5.02 Å². The lowest BCUT2D eigenvalue weighted by molar-refractivity contribution is 0.408. The maximum absolute atomic E-state index is 5.93. The van der Waals surface area contributed by atoms with E-state index in [9.17, 15) is 0 Å². The highest BCUT2D eigenvalue weighted by Crippen LogP contribution is 2.22. The lowest BCUT2D eigenvalue weighted by Crippen LogP contribution is -2.15. The first-order chi connectivity index (χ1) is 7.27. The maximum atomic E-state index is 5.93. The van der Waals surface area contributed by atoms with E-state index in [0.717, 1.165) is 29.4 Å². The Hall–Kier alpha value is -0.000000000000000111. The van der Waals surface area contributed by atoms with Crippen LogP contribution < -0.4 is 10.1 Å². The zero-order chi connectivity index (χ0) is 11.1. The second-order valence-corrected chi connectivity index (χ2v) is 4.69. The zero-order valence-electron chi connectivity index (χ0n) is 8.72. The van der Waals surface area contributed by atoms with Gasteiger partial charge in [0.25, 0.3) is 0 Å². The van der Waals surface area contributed by atoms with Gasteiger partial charge in [0, 0.05) is 21.6 Å². The molecule has 0 saturated heterocycles. The molecule has 0 radical (unpaired) electrons. The molecule has 1 aromatic carbocycles. The molecule has 0 heterocycles. The Bertz CT molecular complexity index is 307. The maximum Gasteiger partial charge on any atom is 0.123 e. The summed E-state index contributed by atoms with van der Waals surface area (Å²) in [6, 6.07) is 5.68. The number of methoxy groups -OCH3 is 1. The Morgan fingerprint density at radius 3 is 2.93 bits per heavy atom. The van der Waals surface area contributed by atoms with Crippen LogP contribution in [0.4, 0.5) is 0 Å². The monoisotopic (exact) mass is 339 g/mol. The molecule has 0 saturated carbocycles. The summed E-state index contributed by atoms with van der Waals surface area (Å²) in [6.45, 7) is 1.83. The third kappa shape index (κ3) is 4.57. The molecule has 0 aliphatic carbocycles. The Kier molecular flexibility index (Phi) is 6.36. The van der Waals surface area contributed by atoms with Crippen LogP contribution in [-0.2, 0) is 6.54 Å². The van der Waals surface area contributed by atoms with Crippen molar-refractivity contribution in [3.05, 3.63) is 28.8 Å². The second kappa shape index (κ2) is 7.30. The van der Waals surface area contributed by atoms with Gasteiger partial charge in [-0.3, -0.25) is 0 Å². The topological polar surface area (TPSA) is 21.3 Å². The molecule has 84 valence electrons. The molecule has 15 heavy (non-hydrogen) atoms. The third-order valence-electron chi connectivity index (χ3n) is 2.05. The van der Waals surface area contributed by atoms with Crippen molar-refractivity contribution in [2.75, 3.05) is 18.1 Å². The first-order valence-corrected chi connectivity index (χ1v) is 6.77. The summed E-state index contributed by atoms with van der Waals surface area (Å²) < 4.78 is 6.44. The molecule has 0 bridgehead atoms. The van der Waals surface area contributed by atoms with E-state index in [2.05, 4.69) is 27.9 Å². The minimum atomic E-state index is 0.751. The normalized spacial score (nSPS) is 10.3. The summed E-state index contributed by atoms with van der Waals surface area (Å²) >= 11 is 8.30. The lowest BCUT2D eigenvalue weighted by atomic mass is 10.2. The predicted molar refractivity (Wildman–Crippen MR) is 73.2 cm³/mol. The summed E-state index contributed by atoms with van der Waals surface area (Å²) in [5.41, 5.74) is 1.11. The van der Waals surface area contributed by atoms with E-state index >= 15 is 0 Å². The largest absolute Gasteiger partial charge is 0.496 e. The molecule has 1 N–H and O–H groups in total. The van der Waals surface area contributed by atoms with Gasteiger partial charge in [0.05, 0.1) is 7.11 Å². The summed E-state index contributed by atoms with van der Waals surface area (Å²) in [7, 11) is 1.68. The minimum Gasteiger partial charge on any atom is -0.496 e. The van der Waals surface area contributed by atoms with Gasteiger partial charge in [-0.2, -0.15) is 0 Å². The van der Waals surface area contributed by atoms with Crippen molar-refractivity contribution in [2.24, 2.45) is 0 Å². The van der Waals surface area contributed by atoms with Gasteiger partial charge in [-0.25, -0.2) is 0 Å². The second-order valence-electron chi connectivity index (χ2n) is 3.18. The fourth-order valence-corrected chi connectivity index (χ4v) is 1.88. The molecular formula is C11H15ClINO. The van der Waals surface area contributed by atoms with Crippen molar-refractivity contribution in [1.82, 2.24) is 5.32 Å². The van der Waals surface area contributed by atoms with Crippen molar-refractivity contribution in [3.63, 3.8) is 0 Å². The third-order valence-corrected chi connectivity index (χ3v) is 3.04. The van der Waals surface area contributed by atoms with Crippen molar-refractivity contribution in [1.29, 1.82) is 0 Å². The number of hydrogen-bond acceptors (Lipinski definition) is 2. The van der Waals surface area contributed by atoms with Gasteiger partial charge >= 0.3 is 0 Å². The van der Waals surface area contributed by atoms with Gasteiger partial charge < -0.3 is 10.1 Å². The average Bonchev–Trinajstić information content (AvgIpc) is 2.25. The number of rotatable bonds is 6. The van der Waals surface area contributed by atoms with Gasteiger partial charge in [-0.05, 0) is 31.2 Å². The van der Waals surface area contributed by atoms with Gasteiger partial charge in [0.15, 0.2) is 0 Å². The van der Waals surface area contributed by atoms with Gasteiger partial charge in [0.1, 0.15) is 5.75 Å². The Balaban J connectivity index is 2.54. The Morgan fingerprint density at radius 2 is 2.27 bits per heavy atom. The standard InChI is InChI=1S/C11H15ClINO/c1-15-11-4-3-10(12)7-9(11)8-14-6-2-5-13/h3-4,7,14H,2,5-6,8H2,1H3. The van der Waals surface area contributed by atoms with Crippen molar-refractivity contribution >= 4 is 34.2 Å². The average molecular weight is 340 g/mol. The molecule has 0 amide bonds. The van der Waals surface area contributed by atoms with E-state index in [1.165, 1.54) is 10.8 Å².